The van der Waals surface area contributed by atoms with E-state index in [0.29, 0.717) is 5.92 Å². The topological polar surface area (TPSA) is 29.1 Å². The first-order valence-electron chi connectivity index (χ1n) is 8.13. The Hall–Kier alpha value is -2.09. The standard InChI is InChI=1S/C20H23NO/c1-15(12-13-16-8-4-2-5-9-16)21-20(22)19-14-18(19)17-10-6-3-7-11-17/h2-11,15,18-19H,12-14H2,1H3,(H,21,22)/t15-,18+,19+/m0/s1. The Balaban J connectivity index is 1.44. The van der Waals surface area contributed by atoms with Crippen LogP contribution in [0, 0.1) is 5.92 Å². The molecule has 2 aromatic rings. The molecular weight excluding hydrogens is 270 g/mol. The highest BCUT2D eigenvalue weighted by Crippen LogP contribution is 2.47. The molecule has 1 aliphatic rings. The number of hydrogen-bond donors (Lipinski definition) is 1. The van der Waals surface area contributed by atoms with Crippen LogP contribution in [0.5, 0.6) is 0 Å². The van der Waals surface area contributed by atoms with Crippen molar-refractivity contribution >= 4 is 5.91 Å². The molecule has 1 N–H and O–H groups in total. The minimum atomic E-state index is 0.168. The van der Waals surface area contributed by atoms with Gasteiger partial charge in [0.1, 0.15) is 0 Å². The minimum absolute atomic E-state index is 0.168. The lowest BCUT2D eigenvalue weighted by Crippen LogP contribution is -2.34. The van der Waals surface area contributed by atoms with Crippen LogP contribution >= 0.6 is 0 Å². The maximum atomic E-state index is 12.3. The predicted octanol–water partition coefficient (Wildman–Crippen LogP) is 3.93. The zero-order chi connectivity index (χ0) is 15.4. The number of rotatable bonds is 6. The molecule has 1 saturated carbocycles. The van der Waals surface area contributed by atoms with Crippen LogP contribution < -0.4 is 5.32 Å². The molecule has 114 valence electrons. The molecule has 0 spiro atoms. The van der Waals surface area contributed by atoms with Gasteiger partial charge in [-0.15, -0.1) is 0 Å². The van der Waals surface area contributed by atoms with E-state index in [-0.39, 0.29) is 17.9 Å². The molecule has 2 heteroatoms. The van der Waals surface area contributed by atoms with Crippen molar-refractivity contribution in [2.75, 3.05) is 0 Å². The molecule has 0 saturated heterocycles. The third kappa shape index (κ3) is 3.76. The maximum absolute atomic E-state index is 12.3. The van der Waals surface area contributed by atoms with E-state index in [2.05, 4.69) is 48.6 Å². The van der Waals surface area contributed by atoms with Crippen molar-refractivity contribution < 1.29 is 4.79 Å². The lowest BCUT2D eigenvalue weighted by atomic mass is 10.1. The number of benzene rings is 2. The Labute approximate surface area is 132 Å². The van der Waals surface area contributed by atoms with Gasteiger partial charge in [-0.3, -0.25) is 4.79 Å². The summed E-state index contributed by atoms with van der Waals surface area (Å²) >= 11 is 0. The summed E-state index contributed by atoms with van der Waals surface area (Å²) in [7, 11) is 0. The zero-order valence-corrected chi connectivity index (χ0v) is 13.0. The molecule has 3 rings (SSSR count). The summed E-state index contributed by atoms with van der Waals surface area (Å²) < 4.78 is 0. The molecule has 0 unspecified atom stereocenters. The average Bonchev–Trinajstić information content (AvgIpc) is 3.35. The summed E-state index contributed by atoms with van der Waals surface area (Å²) in [5, 5.41) is 3.17. The molecule has 0 bridgehead atoms. The van der Waals surface area contributed by atoms with Crippen LogP contribution in [0.1, 0.15) is 36.8 Å². The third-order valence-corrected chi connectivity index (χ3v) is 4.45. The SMILES string of the molecule is C[C@@H](CCc1ccccc1)NC(=O)[C@@H]1C[C@@H]1c1ccccc1. The van der Waals surface area contributed by atoms with Crippen molar-refractivity contribution in [3.05, 3.63) is 71.8 Å². The van der Waals surface area contributed by atoms with E-state index in [1.165, 1.54) is 11.1 Å². The Bertz CT molecular complexity index is 608. The molecule has 0 aromatic heterocycles. The molecule has 3 atom stereocenters. The second kappa shape index (κ2) is 6.78. The smallest absolute Gasteiger partial charge is 0.223 e. The van der Waals surface area contributed by atoms with E-state index >= 15 is 0 Å². The fourth-order valence-electron chi connectivity index (χ4n) is 3.00. The van der Waals surface area contributed by atoms with Gasteiger partial charge in [0, 0.05) is 12.0 Å². The number of carbonyl (C=O) groups excluding carboxylic acids is 1. The molecule has 2 nitrogen and oxygen atoms in total. The van der Waals surface area contributed by atoms with Gasteiger partial charge >= 0.3 is 0 Å². The molecular formula is C20H23NO. The molecule has 0 aliphatic heterocycles. The van der Waals surface area contributed by atoms with Crippen LogP contribution in [-0.2, 0) is 11.2 Å². The molecule has 1 aliphatic carbocycles. The summed E-state index contributed by atoms with van der Waals surface area (Å²) in [5.74, 6) is 0.804. The second-order valence-electron chi connectivity index (χ2n) is 6.29. The first-order valence-corrected chi connectivity index (χ1v) is 8.13. The molecule has 1 amide bonds. The van der Waals surface area contributed by atoms with E-state index in [1.54, 1.807) is 0 Å². The van der Waals surface area contributed by atoms with Crippen LogP contribution in [0.25, 0.3) is 0 Å². The predicted molar refractivity (Wildman–Crippen MR) is 89.7 cm³/mol. The minimum Gasteiger partial charge on any atom is -0.353 e. The fraction of sp³-hybridized carbons (Fsp3) is 0.350. The first kappa shape index (κ1) is 14.8. The van der Waals surface area contributed by atoms with Crippen LogP contribution in [0.4, 0.5) is 0 Å². The largest absolute Gasteiger partial charge is 0.353 e. The highest BCUT2D eigenvalue weighted by Gasteiger charge is 2.43. The van der Waals surface area contributed by atoms with Gasteiger partial charge in [0.05, 0.1) is 0 Å². The normalized spacial score (nSPS) is 21.1. The first-order chi connectivity index (χ1) is 10.7. The van der Waals surface area contributed by atoms with Gasteiger partial charge in [-0.1, -0.05) is 60.7 Å². The fourth-order valence-corrected chi connectivity index (χ4v) is 3.00. The summed E-state index contributed by atoms with van der Waals surface area (Å²) in [6.07, 6.45) is 2.98. The molecule has 0 radical (unpaired) electrons. The third-order valence-electron chi connectivity index (χ3n) is 4.45. The van der Waals surface area contributed by atoms with E-state index in [0.717, 1.165) is 19.3 Å². The van der Waals surface area contributed by atoms with Crippen molar-refractivity contribution in [2.24, 2.45) is 5.92 Å². The van der Waals surface area contributed by atoms with Crippen molar-refractivity contribution in [3.8, 4) is 0 Å². The quantitative estimate of drug-likeness (QED) is 0.859. The van der Waals surface area contributed by atoms with Gasteiger partial charge < -0.3 is 5.32 Å². The van der Waals surface area contributed by atoms with Gasteiger partial charge in [-0.05, 0) is 43.2 Å². The van der Waals surface area contributed by atoms with Crippen LogP contribution in [-0.4, -0.2) is 11.9 Å². The van der Waals surface area contributed by atoms with E-state index in [9.17, 15) is 4.79 Å². The Morgan fingerprint density at radius 1 is 1.09 bits per heavy atom. The lowest BCUT2D eigenvalue weighted by Gasteiger charge is -2.14. The van der Waals surface area contributed by atoms with E-state index in [1.807, 2.05) is 24.3 Å². The van der Waals surface area contributed by atoms with Gasteiger partial charge in [-0.2, -0.15) is 0 Å². The van der Waals surface area contributed by atoms with Crippen molar-refractivity contribution in [2.45, 2.75) is 38.1 Å². The summed E-state index contributed by atoms with van der Waals surface area (Å²) in [4.78, 5) is 12.3. The number of aryl methyl sites for hydroxylation is 1. The highest BCUT2D eigenvalue weighted by atomic mass is 16.2. The number of hydrogen-bond acceptors (Lipinski definition) is 1. The van der Waals surface area contributed by atoms with Crippen LogP contribution in [0.15, 0.2) is 60.7 Å². The molecule has 22 heavy (non-hydrogen) atoms. The Morgan fingerprint density at radius 2 is 1.73 bits per heavy atom. The van der Waals surface area contributed by atoms with Gasteiger partial charge in [0.15, 0.2) is 0 Å². The Kier molecular flexibility index (Phi) is 4.57. The Morgan fingerprint density at radius 3 is 2.41 bits per heavy atom. The zero-order valence-electron chi connectivity index (χ0n) is 13.0. The number of carbonyl (C=O) groups is 1. The average molecular weight is 293 g/mol. The summed E-state index contributed by atoms with van der Waals surface area (Å²) in [6.45, 7) is 2.10. The van der Waals surface area contributed by atoms with E-state index < -0.39 is 0 Å². The monoisotopic (exact) mass is 293 g/mol. The maximum Gasteiger partial charge on any atom is 0.223 e. The van der Waals surface area contributed by atoms with Crippen molar-refractivity contribution in [1.29, 1.82) is 0 Å². The van der Waals surface area contributed by atoms with E-state index in [4.69, 9.17) is 0 Å². The number of amides is 1. The van der Waals surface area contributed by atoms with Crippen LogP contribution in [0.3, 0.4) is 0 Å². The lowest BCUT2D eigenvalue weighted by molar-refractivity contribution is -0.123. The summed E-state index contributed by atoms with van der Waals surface area (Å²) in [5.41, 5.74) is 2.62. The molecule has 2 aromatic carbocycles. The second-order valence-corrected chi connectivity index (χ2v) is 6.29. The molecule has 0 heterocycles. The van der Waals surface area contributed by atoms with Crippen LogP contribution in [0.2, 0.25) is 0 Å². The van der Waals surface area contributed by atoms with Crippen molar-refractivity contribution in [1.82, 2.24) is 5.32 Å². The van der Waals surface area contributed by atoms with Gasteiger partial charge in [0.25, 0.3) is 0 Å². The van der Waals surface area contributed by atoms with Gasteiger partial charge in [0.2, 0.25) is 5.91 Å². The molecule has 1 fully saturated rings. The number of nitrogens with one attached hydrogen (secondary N) is 1. The highest BCUT2D eigenvalue weighted by molar-refractivity contribution is 5.83. The summed E-state index contributed by atoms with van der Waals surface area (Å²) in [6, 6.07) is 21.0. The van der Waals surface area contributed by atoms with Gasteiger partial charge in [-0.25, -0.2) is 0 Å². The van der Waals surface area contributed by atoms with Crippen molar-refractivity contribution in [3.63, 3.8) is 0 Å².